The maximum absolute atomic E-state index is 2.46. The summed E-state index contributed by atoms with van der Waals surface area (Å²) in [7, 11) is 0. The fourth-order valence-electron chi connectivity index (χ4n) is 1.78. The first kappa shape index (κ1) is 6.40. The van der Waals surface area contributed by atoms with Gasteiger partial charge in [-0.15, -0.1) is 0 Å². The van der Waals surface area contributed by atoms with E-state index in [9.17, 15) is 0 Å². The molecule has 0 aromatic carbocycles. The van der Waals surface area contributed by atoms with Crippen molar-refractivity contribution in [2.75, 3.05) is 6.54 Å². The lowest BCUT2D eigenvalue weighted by Crippen LogP contribution is -2.30. The molecule has 9 heavy (non-hydrogen) atoms. The summed E-state index contributed by atoms with van der Waals surface area (Å²) in [4.78, 5) is 0. The van der Waals surface area contributed by atoms with E-state index in [2.05, 4.69) is 32.9 Å². The first-order valence-corrected chi connectivity index (χ1v) is 4.66. The third kappa shape index (κ3) is 1.11. The highest BCUT2D eigenvalue weighted by atomic mass is 127. The summed E-state index contributed by atoms with van der Waals surface area (Å²) < 4.78 is 2.46. The maximum atomic E-state index is 2.46. The van der Waals surface area contributed by atoms with E-state index < -0.39 is 0 Å². The smallest absolute Gasteiger partial charge is 0.0204 e. The van der Waals surface area contributed by atoms with Crippen LogP contribution in [0, 0.1) is 11.8 Å². The fraction of sp³-hybridized carbons (Fsp3) is 1.00. The summed E-state index contributed by atoms with van der Waals surface area (Å²) in [6.45, 7) is 3.69. The van der Waals surface area contributed by atoms with Gasteiger partial charge in [-0.05, 0) is 31.6 Å². The van der Waals surface area contributed by atoms with Crippen LogP contribution >= 0.6 is 22.9 Å². The summed E-state index contributed by atoms with van der Waals surface area (Å²) in [6.07, 6.45) is 2.97. The van der Waals surface area contributed by atoms with Gasteiger partial charge in [-0.2, -0.15) is 0 Å². The van der Waals surface area contributed by atoms with Crippen molar-refractivity contribution in [2.45, 2.75) is 25.8 Å². The Hall–Kier alpha value is 0.690. The molecule has 0 aromatic rings. The SMILES string of the molecule is CC1CC2CC2CN1I. The number of hydrogen-bond acceptors (Lipinski definition) is 1. The minimum Gasteiger partial charge on any atom is -0.244 e. The van der Waals surface area contributed by atoms with Gasteiger partial charge in [0.25, 0.3) is 0 Å². The van der Waals surface area contributed by atoms with E-state index in [-0.39, 0.29) is 0 Å². The van der Waals surface area contributed by atoms with Crippen LogP contribution in [0.3, 0.4) is 0 Å². The second-order valence-electron chi connectivity index (χ2n) is 3.42. The third-order valence-electron chi connectivity index (χ3n) is 2.60. The van der Waals surface area contributed by atoms with E-state index in [1.165, 1.54) is 19.4 Å². The van der Waals surface area contributed by atoms with Gasteiger partial charge in [-0.3, -0.25) is 0 Å². The van der Waals surface area contributed by atoms with E-state index in [0.29, 0.717) is 0 Å². The molecule has 2 aliphatic rings. The van der Waals surface area contributed by atoms with E-state index in [4.69, 9.17) is 0 Å². The summed E-state index contributed by atoms with van der Waals surface area (Å²) in [5.74, 6) is 2.20. The molecule has 0 radical (unpaired) electrons. The Morgan fingerprint density at radius 1 is 1.33 bits per heavy atom. The average Bonchev–Trinajstić information content (AvgIpc) is 2.46. The highest BCUT2D eigenvalue weighted by Gasteiger charge is 2.43. The van der Waals surface area contributed by atoms with Gasteiger partial charge in [0.15, 0.2) is 0 Å². The summed E-state index contributed by atoms with van der Waals surface area (Å²) >= 11 is 2.46. The van der Waals surface area contributed by atoms with Crippen molar-refractivity contribution in [3.8, 4) is 0 Å². The van der Waals surface area contributed by atoms with Crippen molar-refractivity contribution >= 4 is 22.9 Å². The molecule has 0 bridgehead atoms. The summed E-state index contributed by atoms with van der Waals surface area (Å²) in [5, 5.41) is 0. The molecule has 2 rings (SSSR count). The normalized spacial score (nSPS) is 50.7. The van der Waals surface area contributed by atoms with E-state index in [1.54, 1.807) is 0 Å². The van der Waals surface area contributed by atoms with E-state index in [1.807, 2.05) is 0 Å². The predicted molar refractivity (Wildman–Crippen MR) is 46.4 cm³/mol. The number of hydrogen-bond donors (Lipinski definition) is 0. The molecule has 52 valence electrons. The first-order chi connectivity index (χ1) is 4.27. The molecule has 1 aliphatic heterocycles. The standard InChI is InChI=1S/C7H12IN/c1-5-2-6-3-7(6)4-9(5)8/h5-7H,2-4H2,1H3. The first-order valence-electron chi connectivity index (χ1n) is 3.70. The van der Waals surface area contributed by atoms with E-state index >= 15 is 0 Å². The zero-order chi connectivity index (χ0) is 6.43. The number of nitrogens with zero attached hydrogens (tertiary/aromatic N) is 1. The van der Waals surface area contributed by atoms with Crippen molar-refractivity contribution in [1.29, 1.82) is 0 Å². The zero-order valence-corrected chi connectivity index (χ0v) is 7.84. The van der Waals surface area contributed by atoms with Crippen LogP contribution < -0.4 is 0 Å². The van der Waals surface area contributed by atoms with Crippen LogP contribution in [0.25, 0.3) is 0 Å². The average molecular weight is 237 g/mol. The second kappa shape index (κ2) is 2.09. The van der Waals surface area contributed by atoms with E-state index in [0.717, 1.165) is 17.9 Å². The van der Waals surface area contributed by atoms with Crippen LogP contribution in [-0.4, -0.2) is 15.7 Å². The van der Waals surface area contributed by atoms with Gasteiger partial charge < -0.3 is 0 Å². The molecule has 0 amide bonds. The van der Waals surface area contributed by atoms with Gasteiger partial charge in [0.2, 0.25) is 0 Å². The van der Waals surface area contributed by atoms with Gasteiger partial charge in [0.05, 0.1) is 0 Å². The number of halogens is 1. The molecular weight excluding hydrogens is 225 g/mol. The number of piperidine rings is 1. The second-order valence-corrected chi connectivity index (χ2v) is 4.66. The molecule has 0 aromatic heterocycles. The van der Waals surface area contributed by atoms with Gasteiger partial charge in [-0.1, -0.05) is 0 Å². The molecular formula is C7H12IN. The number of rotatable bonds is 0. The number of fused-ring (bicyclic) bond motifs is 1. The van der Waals surface area contributed by atoms with Gasteiger partial charge in [-0.25, -0.2) is 3.11 Å². The van der Waals surface area contributed by atoms with Crippen molar-refractivity contribution in [3.63, 3.8) is 0 Å². The minimum absolute atomic E-state index is 0.842. The van der Waals surface area contributed by atoms with Crippen molar-refractivity contribution in [3.05, 3.63) is 0 Å². The molecule has 3 atom stereocenters. The van der Waals surface area contributed by atoms with Gasteiger partial charge >= 0.3 is 0 Å². The lowest BCUT2D eigenvalue weighted by atomic mass is 10.1. The van der Waals surface area contributed by atoms with Gasteiger partial charge in [0.1, 0.15) is 0 Å². The summed E-state index contributed by atoms with van der Waals surface area (Å²) in [5.41, 5.74) is 0. The molecule has 1 saturated heterocycles. The van der Waals surface area contributed by atoms with Gasteiger partial charge in [0, 0.05) is 35.5 Å². The third-order valence-corrected chi connectivity index (χ3v) is 3.94. The highest BCUT2D eigenvalue weighted by molar-refractivity contribution is 14.1. The fourth-order valence-corrected chi connectivity index (χ4v) is 2.51. The Balaban J connectivity index is 1.98. The van der Waals surface area contributed by atoms with Crippen molar-refractivity contribution < 1.29 is 0 Å². The van der Waals surface area contributed by atoms with Crippen LogP contribution in [0.4, 0.5) is 0 Å². The molecule has 3 unspecified atom stereocenters. The van der Waals surface area contributed by atoms with Crippen molar-refractivity contribution in [2.24, 2.45) is 11.8 Å². The largest absolute Gasteiger partial charge is 0.244 e. The van der Waals surface area contributed by atoms with Crippen molar-refractivity contribution in [1.82, 2.24) is 3.11 Å². The highest BCUT2D eigenvalue weighted by Crippen LogP contribution is 2.47. The molecule has 1 heterocycles. The Bertz CT molecular complexity index is 112. The Morgan fingerprint density at radius 2 is 2.11 bits per heavy atom. The minimum atomic E-state index is 0.842. The quantitative estimate of drug-likeness (QED) is 0.460. The Kier molecular flexibility index (Phi) is 1.49. The van der Waals surface area contributed by atoms with Crippen LogP contribution in [0.1, 0.15) is 19.8 Å². The lowest BCUT2D eigenvalue weighted by molar-refractivity contribution is 0.304. The molecule has 2 fully saturated rings. The Morgan fingerprint density at radius 3 is 2.78 bits per heavy atom. The molecule has 1 saturated carbocycles. The van der Waals surface area contributed by atoms with Crippen LogP contribution in [0.5, 0.6) is 0 Å². The molecule has 1 nitrogen and oxygen atoms in total. The zero-order valence-electron chi connectivity index (χ0n) is 5.68. The lowest BCUT2D eigenvalue weighted by Gasteiger charge is -2.26. The summed E-state index contributed by atoms with van der Waals surface area (Å²) in [6, 6.07) is 0.842. The topological polar surface area (TPSA) is 3.24 Å². The molecule has 1 aliphatic carbocycles. The predicted octanol–water partition coefficient (Wildman–Crippen LogP) is 2.07. The molecule has 0 N–H and O–H groups in total. The Labute approximate surface area is 70.3 Å². The van der Waals surface area contributed by atoms with Crippen LogP contribution in [0.2, 0.25) is 0 Å². The maximum Gasteiger partial charge on any atom is 0.0204 e. The monoisotopic (exact) mass is 237 g/mol. The molecule has 2 heteroatoms. The van der Waals surface area contributed by atoms with Crippen LogP contribution in [0.15, 0.2) is 0 Å². The molecule has 0 spiro atoms. The van der Waals surface area contributed by atoms with Crippen LogP contribution in [-0.2, 0) is 0 Å².